The van der Waals surface area contributed by atoms with Crippen molar-refractivity contribution in [2.45, 2.75) is 13.5 Å². The van der Waals surface area contributed by atoms with Crippen LogP contribution in [0.3, 0.4) is 0 Å². The zero-order valence-corrected chi connectivity index (χ0v) is 14.6. The van der Waals surface area contributed by atoms with E-state index in [2.05, 4.69) is 15.6 Å². The van der Waals surface area contributed by atoms with Gasteiger partial charge in [0.2, 0.25) is 0 Å². The van der Waals surface area contributed by atoms with Crippen molar-refractivity contribution in [2.75, 3.05) is 26.1 Å². The van der Waals surface area contributed by atoms with Crippen LogP contribution in [-0.4, -0.2) is 31.7 Å². The third-order valence-electron chi connectivity index (χ3n) is 3.32. The molecule has 7 heteroatoms. The van der Waals surface area contributed by atoms with Crippen LogP contribution in [0.15, 0.2) is 30.5 Å². The van der Waals surface area contributed by atoms with Crippen LogP contribution < -0.4 is 20.1 Å². The van der Waals surface area contributed by atoms with E-state index < -0.39 is 0 Å². The Balaban J connectivity index is 2.21. The van der Waals surface area contributed by atoms with Crippen LogP contribution in [0.2, 0.25) is 5.02 Å². The lowest BCUT2D eigenvalue weighted by Gasteiger charge is -2.14. The number of carbonyl (C=O) groups is 1. The zero-order valence-electron chi connectivity index (χ0n) is 13.9. The molecule has 1 heterocycles. The van der Waals surface area contributed by atoms with Crippen molar-refractivity contribution in [3.63, 3.8) is 0 Å². The summed E-state index contributed by atoms with van der Waals surface area (Å²) in [6.45, 7) is 2.81. The first kappa shape index (κ1) is 17.9. The Morgan fingerprint density at radius 3 is 2.83 bits per heavy atom. The van der Waals surface area contributed by atoms with E-state index in [4.69, 9.17) is 21.1 Å². The van der Waals surface area contributed by atoms with E-state index in [1.165, 1.54) is 0 Å². The van der Waals surface area contributed by atoms with Crippen LogP contribution in [0, 0.1) is 0 Å². The van der Waals surface area contributed by atoms with Crippen molar-refractivity contribution in [3.05, 3.63) is 46.6 Å². The molecule has 0 fully saturated rings. The van der Waals surface area contributed by atoms with Crippen molar-refractivity contribution >= 4 is 23.3 Å². The number of nitrogens with zero attached hydrogens (tertiary/aromatic N) is 1. The Hall–Kier alpha value is -2.47. The van der Waals surface area contributed by atoms with Crippen molar-refractivity contribution < 1.29 is 14.3 Å². The molecule has 2 rings (SSSR count). The topological polar surface area (TPSA) is 72.5 Å². The molecule has 0 bridgehead atoms. The first-order valence-corrected chi connectivity index (χ1v) is 7.88. The van der Waals surface area contributed by atoms with Crippen LogP contribution in [0.5, 0.6) is 11.5 Å². The van der Waals surface area contributed by atoms with Crippen molar-refractivity contribution in [1.29, 1.82) is 0 Å². The number of pyridine rings is 1. The van der Waals surface area contributed by atoms with Gasteiger partial charge in [0.05, 0.1) is 24.3 Å². The van der Waals surface area contributed by atoms with Gasteiger partial charge in [-0.1, -0.05) is 11.6 Å². The molecule has 0 saturated heterocycles. The Labute approximate surface area is 146 Å². The van der Waals surface area contributed by atoms with Gasteiger partial charge in [-0.15, -0.1) is 0 Å². The van der Waals surface area contributed by atoms with E-state index in [-0.39, 0.29) is 5.91 Å². The van der Waals surface area contributed by atoms with Gasteiger partial charge in [0.25, 0.3) is 5.91 Å². The number of ether oxygens (including phenoxy) is 2. The third-order valence-corrected chi connectivity index (χ3v) is 3.60. The minimum atomic E-state index is -0.201. The maximum Gasteiger partial charge on any atom is 0.254 e. The number of aromatic nitrogens is 1. The molecule has 1 aromatic heterocycles. The van der Waals surface area contributed by atoms with Gasteiger partial charge in [0.15, 0.2) is 11.5 Å². The highest BCUT2D eigenvalue weighted by Crippen LogP contribution is 2.36. The highest BCUT2D eigenvalue weighted by atomic mass is 35.5. The molecule has 2 aromatic rings. The molecular weight excluding hydrogens is 330 g/mol. The number of benzene rings is 1. The van der Waals surface area contributed by atoms with Gasteiger partial charge in [-0.3, -0.25) is 4.79 Å². The fourth-order valence-electron chi connectivity index (χ4n) is 2.21. The number of hydrogen-bond acceptors (Lipinski definition) is 5. The summed E-state index contributed by atoms with van der Waals surface area (Å²) >= 11 is 6.27. The number of rotatable bonds is 7. The van der Waals surface area contributed by atoms with Crippen LogP contribution in [0.1, 0.15) is 22.8 Å². The molecular formula is C17H20ClN3O3. The van der Waals surface area contributed by atoms with Crippen molar-refractivity contribution in [3.8, 4) is 11.5 Å². The van der Waals surface area contributed by atoms with Gasteiger partial charge < -0.3 is 20.1 Å². The highest BCUT2D eigenvalue weighted by molar-refractivity contribution is 6.32. The molecule has 1 aromatic carbocycles. The average Bonchev–Trinajstić information content (AvgIpc) is 2.61. The second-order valence-corrected chi connectivity index (χ2v) is 5.28. The number of halogens is 1. The normalized spacial score (nSPS) is 10.2. The average molecular weight is 350 g/mol. The lowest BCUT2D eigenvalue weighted by Crippen LogP contribution is -2.20. The van der Waals surface area contributed by atoms with E-state index >= 15 is 0 Å². The van der Waals surface area contributed by atoms with E-state index in [9.17, 15) is 4.79 Å². The summed E-state index contributed by atoms with van der Waals surface area (Å²) in [7, 11) is 3.14. The number of methoxy groups -OCH3 is 1. The van der Waals surface area contributed by atoms with Gasteiger partial charge in [0.1, 0.15) is 5.82 Å². The standard InChI is InChI=1S/C17H20ClN3O3/c1-4-24-15-13(18)8-11(9-14(15)23-3)10-21-16-12(17(22)19-2)6-5-7-20-16/h5-9H,4,10H2,1-3H3,(H,19,22)(H,20,21). The molecule has 2 N–H and O–H groups in total. The summed E-state index contributed by atoms with van der Waals surface area (Å²) in [6.07, 6.45) is 1.63. The van der Waals surface area contributed by atoms with E-state index in [0.717, 1.165) is 5.56 Å². The largest absolute Gasteiger partial charge is 0.493 e. The number of amides is 1. The first-order chi connectivity index (χ1) is 11.6. The summed E-state index contributed by atoms with van der Waals surface area (Å²) < 4.78 is 10.8. The molecule has 6 nitrogen and oxygen atoms in total. The summed E-state index contributed by atoms with van der Waals surface area (Å²) in [4.78, 5) is 16.1. The third kappa shape index (κ3) is 4.08. The number of hydrogen-bond donors (Lipinski definition) is 2. The molecule has 128 valence electrons. The summed E-state index contributed by atoms with van der Waals surface area (Å²) in [5.74, 6) is 1.39. The molecule has 0 aliphatic heterocycles. The predicted octanol–water partition coefficient (Wildman–Crippen LogP) is 3.11. The smallest absolute Gasteiger partial charge is 0.254 e. The maximum atomic E-state index is 11.9. The van der Waals surface area contributed by atoms with Crippen LogP contribution in [0.25, 0.3) is 0 Å². The fraction of sp³-hybridized carbons (Fsp3) is 0.294. The molecule has 24 heavy (non-hydrogen) atoms. The van der Waals surface area contributed by atoms with E-state index in [0.29, 0.717) is 41.1 Å². The molecule has 0 unspecified atom stereocenters. The second kappa shape index (κ2) is 8.40. The molecule has 0 radical (unpaired) electrons. The van der Waals surface area contributed by atoms with Gasteiger partial charge in [-0.25, -0.2) is 4.98 Å². The van der Waals surface area contributed by atoms with Gasteiger partial charge in [-0.2, -0.15) is 0 Å². The van der Waals surface area contributed by atoms with Crippen molar-refractivity contribution in [1.82, 2.24) is 10.3 Å². The Bertz CT molecular complexity index is 722. The predicted molar refractivity (Wildman–Crippen MR) is 94.1 cm³/mol. The summed E-state index contributed by atoms with van der Waals surface area (Å²) in [5.41, 5.74) is 1.36. The van der Waals surface area contributed by atoms with Gasteiger partial charge >= 0.3 is 0 Å². The highest BCUT2D eigenvalue weighted by Gasteiger charge is 2.13. The lowest BCUT2D eigenvalue weighted by atomic mass is 10.2. The summed E-state index contributed by atoms with van der Waals surface area (Å²) in [6, 6.07) is 7.06. The maximum absolute atomic E-state index is 11.9. The Morgan fingerprint density at radius 1 is 1.38 bits per heavy atom. The molecule has 0 saturated carbocycles. The monoisotopic (exact) mass is 349 g/mol. The number of nitrogens with one attached hydrogen (secondary N) is 2. The first-order valence-electron chi connectivity index (χ1n) is 7.50. The molecule has 0 atom stereocenters. The van der Waals surface area contributed by atoms with Crippen molar-refractivity contribution in [2.24, 2.45) is 0 Å². The van der Waals surface area contributed by atoms with Crippen LogP contribution in [0.4, 0.5) is 5.82 Å². The number of carbonyl (C=O) groups excluding carboxylic acids is 1. The number of anilines is 1. The Morgan fingerprint density at radius 2 is 2.17 bits per heavy atom. The van der Waals surface area contributed by atoms with Gasteiger partial charge in [0, 0.05) is 19.8 Å². The van der Waals surface area contributed by atoms with Crippen LogP contribution >= 0.6 is 11.6 Å². The second-order valence-electron chi connectivity index (χ2n) is 4.87. The zero-order chi connectivity index (χ0) is 17.5. The molecule has 1 amide bonds. The molecule has 0 aliphatic rings. The minimum absolute atomic E-state index is 0.201. The van der Waals surface area contributed by atoms with Crippen LogP contribution in [-0.2, 0) is 6.54 Å². The SMILES string of the molecule is CCOc1c(Cl)cc(CNc2ncccc2C(=O)NC)cc1OC. The van der Waals surface area contributed by atoms with E-state index in [1.807, 2.05) is 13.0 Å². The minimum Gasteiger partial charge on any atom is -0.493 e. The Kier molecular flexibility index (Phi) is 6.26. The quantitative estimate of drug-likeness (QED) is 0.803. The van der Waals surface area contributed by atoms with E-state index in [1.54, 1.807) is 38.6 Å². The van der Waals surface area contributed by atoms with Gasteiger partial charge in [-0.05, 0) is 36.8 Å². The molecule has 0 spiro atoms. The fourth-order valence-corrected chi connectivity index (χ4v) is 2.50. The molecule has 0 aliphatic carbocycles. The summed E-state index contributed by atoms with van der Waals surface area (Å²) in [5, 5.41) is 6.21. The lowest BCUT2D eigenvalue weighted by molar-refractivity contribution is 0.0963.